The van der Waals surface area contributed by atoms with E-state index in [1.165, 1.54) is 0 Å². The summed E-state index contributed by atoms with van der Waals surface area (Å²) in [6.45, 7) is 8.93. The summed E-state index contributed by atoms with van der Waals surface area (Å²) in [5, 5.41) is 8.34. The molecule has 3 aromatic rings. The molecule has 0 aliphatic carbocycles. The maximum Gasteiger partial charge on any atom is 0.421 e. The number of nitrogens with one attached hydrogen (secondary N) is 3. The minimum absolute atomic E-state index is 0.00638. The molecule has 2 aromatic carbocycles. The number of benzene rings is 2. The number of carbonyl (C=O) groups excluding carboxylic acids is 1. The van der Waals surface area contributed by atoms with Crippen LogP contribution in [0.4, 0.5) is 47.7 Å². The molecular formula is C26H28F3N7O. The van der Waals surface area contributed by atoms with Crippen molar-refractivity contribution in [2.45, 2.75) is 13.1 Å². The Bertz CT molecular complexity index is 1270. The highest BCUT2D eigenvalue weighted by molar-refractivity contribution is 6.01. The van der Waals surface area contributed by atoms with Gasteiger partial charge in [-0.1, -0.05) is 18.7 Å². The fourth-order valence-corrected chi connectivity index (χ4v) is 3.93. The lowest BCUT2D eigenvalue weighted by atomic mass is 10.1. The first kappa shape index (κ1) is 26.0. The van der Waals surface area contributed by atoms with Gasteiger partial charge in [-0.3, -0.25) is 4.79 Å². The second-order valence-corrected chi connectivity index (χ2v) is 8.73. The van der Waals surface area contributed by atoms with Gasteiger partial charge in [-0.15, -0.1) is 0 Å². The number of anilines is 6. The van der Waals surface area contributed by atoms with Crippen LogP contribution >= 0.6 is 0 Å². The molecule has 0 bridgehead atoms. The van der Waals surface area contributed by atoms with E-state index >= 15 is 0 Å². The number of para-hydroxylation sites is 1. The lowest BCUT2D eigenvalue weighted by molar-refractivity contribution is -0.137. The highest BCUT2D eigenvalue weighted by Crippen LogP contribution is 2.37. The summed E-state index contributed by atoms with van der Waals surface area (Å²) < 4.78 is 41.4. The zero-order valence-corrected chi connectivity index (χ0v) is 20.6. The van der Waals surface area contributed by atoms with Gasteiger partial charge >= 0.3 is 6.18 Å². The number of hydrogen-bond donors (Lipinski definition) is 3. The molecule has 0 spiro atoms. The predicted molar refractivity (Wildman–Crippen MR) is 140 cm³/mol. The molecule has 1 aliphatic heterocycles. The minimum Gasteiger partial charge on any atom is -0.369 e. The Hall–Kier alpha value is -4.12. The summed E-state index contributed by atoms with van der Waals surface area (Å²) in [5.41, 5.74) is 1.87. The van der Waals surface area contributed by atoms with E-state index < -0.39 is 23.5 Å². The van der Waals surface area contributed by atoms with E-state index in [2.05, 4.69) is 49.3 Å². The van der Waals surface area contributed by atoms with Crippen molar-refractivity contribution >= 4 is 40.4 Å². The highest BCUT2D eigenvalue weighted by Gasteiger charge is 2.35. The van der Waals surface area contributed by atoms with E-state index in [9.17, 15) is 18.0 Å². The summed E-state index contributed by atoms with van der Waals surface area (Å²) in [5.74, 6) is -0.940. The van der Waals surface area contributed by atoms with Crippen molar-refractivity contribution in [3.63, 3.8) is 0 Å². The molecule has 37 heavy (non-hydrogen) atoms. The van der Waals surface area contributed by atoms with Crippen LogP contribution < -0.4 is 20.9 Å². The third kappa shape index (κ3) is 6.36. The molecule has 194 valence electrons. The van der Waals surface area contributed by atoms with Crippen LogP contribution in [0, 0.1) is 6.92 Å². The van der Waals surface area contributed by atoms with Crippen molar-refractivity contribution in [1.82, 2.24) is 14.9 Å². The van der Waals surface area contributed by atoms with Gasteiger partial charge in [0.15, 0.2) is 0 Å². The normalized spacial score (nSPS) is 14.2. The SMILES string of the molecule is C=CC(=O)Nc1cccc(C)c1Nc1nc(Nc2ccc(N3CCN(C)CC3)cc2)ncc1C(F)(F)F. The van der Waals surface area contributed by atoms with Gasteiger partial charge in [0, 0.05) is 43.8 Å². The zero-order chi connectivity index (χ0) is 26.6. The maximum absolute atomic E-state index is 13.8. The van der Waals surface area contributed by atoms with Crippen molar-refractivity contribution in [3.05, 3.63) is 72.4 Å². The topological polar surface area (TPSA) is 85.4 Å². The van der Waals surface area contributed by atoms with Crippen LogP contribution in [0.2, 0.25) is 0 Å². The van der Waals surface area contributed by atoms with Gasteiger partial charge in [-0.05, 0) is 55.9 Å². The Kier molecular flexibility index (Phi) is 7.63. The van der Waals surface area contributed by atoms with E-state index in [1.807, 2.05) is 24.3 Å². The highest BCUT2D eigenvalue weighted by atomic mass is 19.4. The van der Waals surface area contributed by atoms with Gasteiger partial charge in [0.2, 0.25) is 11.9 Å². The molecule has 2 heterocycles. The second-order valence-electron chi connectivity index (χ2n) is 8.73. The molecule has 0 radical (unpaired) electrons. The second kappa shape index (κ2) is 10.9. The molecule has 8 nitrogen and oxygen atoms in total. The van der Waals surface area contributed by atoms with Crippen molar-refractivity contribution < 1.29 is 18.0 Å². The Morgan fingerprint density at radius 3 is 2.41 bits per heavy atom. The van der Waals surface area contributed by atoms with Crippen LogP contribution in [0.15, 0.2) is 61.3 Å². The number of halogens is 3. The number of alkyl halides is 3. The molecule has 1 aromatic heterocycles. The molecule has 3 N–H and O–H groups in total. The van der Waals surface area contributed by atoms with Crippen molar-refractivity contribution in [2.24, 2.45) is 0 Å². The van der Waals surface area contributed by atoms with Crippen molar-refractivity contribution in [3.8, 4) is 0 Å². The van der Waals surface area contributed by atoms with E-state index in [-0.39, 0.29) is 11.6 Å². The number of likely N-dealkylation sites (N-methyl/N-ethyl adjacent to an activating group) is 1. The standard InChI is InChI=1S/C26H28F3N7O/c1-4-22(37)32-21-7-5-6-17(2)23(21)33-24-20(26(27,28)29)16-30-25(34-24)31-18-8-10-19(11-9-18)36-14-12-35(3)13-15-36/h4-11,16H,1,12-15H2,2-3H3,(H,32,37)(H2,30,31,33,34). The first-order chi connectivity index (χ1) is 17.6. The van der Waals surface area contributed by atoms with E-state index in [4.69, 9.17) is 0 Å². The molecule has 1 aliphatic rings. The first-order valence-electron chi connectivity index (χ1n) is 11.7. The summed E-state index contributed by atoms with van der Waals surface area (Å²) in [7, 11) is 2.09. The average Bonchev–Trinajstić information content (AvgIpc) is 2.86. The predicted octanol–water partition coefficient (Wildman–Crippen LogP) is 5.17. The number of carbonyl (C=O) groups is 1. The Labute approximate surface area is 213 Å². The molecule has 0 atom stereocenters. The summed E-state index contributed by atoms with van der Waals surface area (Å²) in [6.07, 6.45) is -2.89. The lowest BCUT2D eigenvalue weighted by Gasteiger charge is -2.34. The molecule has 11 heteroatoms. The van der Waals surface area contributed by atoms with Crippen LogP contribution in [0.25, 0.3) is 0 Å². The van der Waals surface area contributed by atoms with Crippen LogP contribution in [0.1, 0.15) is 11.1 Å². The van der Waals surface area contributed by atoms with Gasteiger partial charge in [0.25, 0.3) is 0 Å². The number of piperazine rings is 1. The smallest absolute Gasteiger partial charge is 0.369 e. The van der Waals surface area contributed by atoms with E-state index in [0.717, 1.165) is 44.1 Å². The fraction of sp³-hybridized carbons (Fsp3) is 0.269. The number of hydrogen-bond acceptors (Lipinski definition) is 7. The maximum atomic E-state index is 13.8. The third-order valence-corrected chi connectivity index (χ3v) is 6.05. The van der Waals surface area contributed by atoms with Gasteiger partial charge in [-0.25, -0.2) is 4.98 Å². The van der Waals surface area contributed by atoms with E-state index in [1.54, 1.807) is 25.1 Å². The van der Waals surface area contributed by atoms with Crippen LogP contribution in [-0.2, 0) is 11.0 Å². The largest absolute Gasteiger partial charge is 0.421 e. The monoisotopic (exact) mass is 511 g/mol. The lowest BCUT2D eigenvalue weighted by Crippen LogP contribution is -2.44. The molecule has 1 saturated heterocycles. The number of aryl methyl sites for hydroxylation is 1. The Morgan fingerprint density at radius 2 is 1.76 bits per heavy atom. The molecule has 0 unspecified atom stereocenters. The number of amides is 1. The Morgan fingerprint density at radius 1 is 1.05 bits per heavy atom. The van der Waals surface area contributed by atoms with Crippen LogP contribution in [0.3, 0.4) is 0 Å². The number of rotatable bonds is 7. The van der Waals surface area contributed by atoms with Gasteiger partial charge < -0.3 is 25.8 Å². The van der Waals surface area contributed by atoms with Gasteiger partial charge in [-0.2, -0.15) is 18.2 Å². The molecule has 1 amide bonds. The molecule has 0 saturated carbocycles. The van der Waals surface area contributed by atoms with Gasteiger partial charge in [0.1, 0.15) is 11.4 Å². The first-order valence-corrected chi connectivity index (χ1v) is 11.7. The van der Waals surface area contributed by atoms with Crippen molar-refractivity contribution in [2.75, 3.05) is 54.1 Å². The summed E-state index contributed by atoms with van der Waals surface area (Å²) >= 11 is 0. The third-order valence-electron chi connectivity index (χ3n) is 6.05. The van der Waals surface area contributed by atoms with Crippen LogP contribution in [0.5, 0.6) is 0 Å². The fourth-order valence-electron chi connectivity index (χ4n) is 3.93. The molecule has 4 rings (SSSR count). The minimum atomic E-state index is -4.70. The zero-order valence-electron chi connectivity index (χ0n) is 20.6. The molecular weight excluding hydrogens is 483 g/mol. The number of aromatic nitrogens is 2. The van der Waals surface area contributed by atoms with E-state index in [0.29, 0.717) is 16.9 Å². The average molecular weight is 512 g/mol. The molecule has 1 fully saturated rings. The van der Waals surface area contributed by atoms with Gasteiger partial charge in [0.05, 0.1) is 11.4 Å². The summed E-state index contributed by atoms with van der Waals surface area (Å²) in [6, 6.07) is 12.6. The number of nitrogens with zero attached hydrogens (tertiary/aromatic N) is 4. The summed E-state index contributed by atoms with van der Waals surface area (Å²) in [4.78, 5) is 24.4. The van der Waals surface area contributed by atoms with Crippen molar-refractivity contribution in [1.29, 1.82) is 0 Å². The Balaban J connectivity index is 1.59. The quantitative estimate of drug-likeness (QED) is 0.378. The van der Waals surface area contributed by atoms with Crippen LogP contribution in [-0.4, -0.2) is 54.0 Å².